The standard InChI is InChI=1S/C15H18ClNO2S/c1-11-15(20(16,18)19)13-8-4-5-9-14(13)17(11)10-12-6-2-3-7-12/h4-5,8-9,12H,2-3,6-7,10H2,1H3. The van der Waals surface area contributed by atoms with Gasteiger partial charge in [0.25, 0.3) is 9.05 Å². The minimum absolute atomic E-state index is 0.271. The number of benzene rings is 1. The lowest BCUT2D eigenvalue weighted by Gasteiger charge is -2.13. The fourth-order valence-corrected chi connectivity index (χ4v) is 4.88. The maximum Gasteiger partial charge on any atom is 0.263 e. The average molecular weight is 312 g/mol. The maximum absolute atomic E-state index is 11.9. The van der Waals surface area contributed by atoms with Crippen LogP contribution >= 0.6 is 10.7 Å². The van der Waals surface area contributed by atoms with Crippen LogP contribution in [0.3, 0.4) is 0 Å². The van der Waals surface area contributed by atoms with Crippen LogP contribution in [0.25, 0.3) is 10.9 Å². The minimum Gasteiger partial charge on any atom is -0.343 e. The zero-order valence-electron chi connectivity index (χ0n) is 11.5. The van der Waals surface area contributed by atoms with Crippen molar-refractivity contribution in [3.63, 3.8) is 0 Å². The summed E-state index contributed by atoms with van der Waals surface area (Å²) in [6.45, 7) is 2.74. The molecule has 0 amide bonds. The normalized spacial score (nSPS) is 17.1. The quantitative estimate of drug-likeness (QED) is 0.802. The number of para-hydroxylation sites is 1. The van der Waals surface area contributed by atoms with Gasteiger partial charge in [-0.25, -0.2) is 8.42 Å². The predicted octanol–water partition coefficient (Wildman–Crippen LogP) is 4.07. The van der Waals surface area contributed by atoms with Crippen molar-refractivity contribution in [3.05, 3.63) is 30.0 Å². The van der Waals surface area contributed by atoms with Crippen LogP contribution in [0.4, 0.5) is 0 Å². The summed E-state index contributed by atoms with van der Waals surface area (Å²) in [4.78, 5) is 0.271. The Morgan fingerprint density at radius 1 is 1.25 bits per heavy atom. The number of aromatic nitrogens is 1. The molecule has 5 heteroatoms. The van der Waals surface area contributed by atoms with Crippen LogP contribution in [0.15, 0.2) is 29.2 Å². The van der Waals surface area contributed by atoms with Crippen molar-refractivity contribution in [1.82, 2.24) is 4.57 Å². The zero-order valence-corrected chi connectivity index (χ0v) is 13.0. The van der Waals surface area contributed by atoms with Crippen LogP contribution in [0.1, 0.15) is 31.4 Å². The van der Waals surface area contributed by atoms with Gasteiger partial charge in [0.2, 0.25) is 0 Å². The molecule has 3 nitrogen and oxygen atoms in total. The predicted molar refractivity (Wildman–Crippen MR) is 81.7 cm³/mol. The van der Waals surface area contributed by atoms with E-state index in [-0.39, 0.29) is 4.90 Å². The van der Waals surface area contributed by atoms with E-state index in [2.05, 4.69) is 4.57 Å². The summed E-state index contributed by atoms with van der Waals surface area (Å²) in [6.07, 6.45) is 5.02. The maximum atomic E-state index is 11.9. The van der Waals surface area contributed by atoms with Crippen molar-refractivity contribution in [1.29, 1.82) is 0 Å². The van der Waals surface area contributed by atoms with Crippen molar-refractivity contribution in [2.24, 2.45) is 5.92 Å². The van der Waals surface area contributed by atoms with E-state index in [0.29, 0.717) is 5.92 Å². The number of nitrogens with zero attached hydrogens (tertiary/aromatic N) is 1. The van der Waals surface area contributed by atoms with Crippen molar-refractivity contribution in [2.75, 3.05) is 0 Å². The zero-order chi connectivity index (χ0) is 14.3. The molecular formula is C15H18ClNO2S. The van der Waals surface area contributed by atoms with E-state index in [1.54, 1.807) is 0 Å². The molecule has 3 rings (SSSR count). The van der Waals surface area contributed by atoms with Crippen molar-refractivity contribution >= 4 is 30.6 Å². The number of halogens is 1. The Kier molecular flexibility index (Phi) is 3.55. The monoisotopic (exact) mass is 311 g/mol. The van der Waals surface area contributed by atoms with Crippen LogP contribution in [-0.4, -0.2) is 13.0 Å². The molecule has 1 heterocycles. The van der Waals surface area contributed by atoms with Crippen molar-refractivity contribution in [3.8, 4) is 0 Å². The van der Waals surface area contributed by atoms with Crippen molar-refractivity contribution in [2.45, 2.75) is 44.0 Å². The lowest BCUT2D eigenvalue weighted by atomic mass is 10.1. The van der Waals surface area contributed by atoms with Gasteiger partial charge in [0.05, 0.1) is 0 Å². The molecule has 108 valence electrons. The molecule has 1 saturated carbocycles. The summed E-state index contributed by atoms with van der Waals surface area (Å²) < 4.78 is 25.9. The summed E-state index contributed by atoms with van der Waals surface area (Å²) in [5.74, 6) is 0.649. The van der Waals surface area contributed by atoms with E-state index in [0.717, 1.165) is 23.1 Å². The minimum atomic E-state index is -3.72. The smallest absolute Gasteiger partial charge is 0.263 e. The Hall–Kier alpha value is -1.00. The molecule has 20 heavy (non-hydrogen) atoms. The fourth-order valence-electron chi connectivity index (χ4n) is 3.39. The third kappa shape index (κ3) is 2.35. The third-order valence-corrected chi connectivity index (χ3v) is 5.80. The molecule has 0 unspecified atom stereocenters. The number of rotatable bonds is 3. The van der Waals surface area contributed by atoms with E-state index in [1.807, 2.05) is 31.2 Å². The van der Waals surface area contributed by atoms with Gasteiger partial charge in [0.1, 0.15) is 4.90 Å². The highest BCUT2D eigenvalue weighted by atomic mass is 35.7. The highest BCUT2D eigenvalue weighted by Crippen LogP contribution is 2.34. The van der Waals surface area contributed by atoms with Crippen LogP contribution in [0.5, 0.6) is 0 Å². The first kappa shape index (κ1) is 14.0. The number of hydrogen-bond acceptors (Lipinski definition) is 2. The van der Waals surface area contributed by atoms with Crippen LogP contribution in [-0.2, 0) is 15.6 Å². The first-order valence-electron chi connectivity index (χ1n) is 7.01. The number of fused-ring (bicyclic) bond motifs is 1. The molecular weight excluding hydrogens is 294 g/mol. The summed E-state index contributed by atoms with van der Waals surface area (Å²) >= 11 is 0. The molecule has 1 aromatic carbocycles. The first-order chi connectivity index (χ1) is 9.48. The van der Waals surface area contributed by atoms with Crippen LogP contribution in [0, 0.1) is 12.8 Å². The summed E-state index contributed by atoms with van der Waals surface area (Å²) in [5.41, 5.74) is 1.73. The Labute approximate surface area is 124 Å². The Morgan fingerprint density at radius 3 is 2.55 bits per heavy atom. The van der Waals surface area contributed by atoms with Gasteiger partial charge in [0, 0.05) is 33.8 Å². The molecule has 2 aromatic rings. The average Bonchev–Trinajstić information content (AvgIpc) is 2.96. The molecule has 0 bridgehead atoms. The SMILES string of the molecule is Cc1c(S(=O)(=O)Cl)c2ccccc2n1CC1CCCC1. The van der Waals surface area contributed by atoms with Gasteiger partial charge in [-0.1, -0.05) is 31.0 Å². The highest BCUT2D eigenvalue weighted by molar-refractivity contribution is 8.14. The molecule has 1 fully saturated rings. The molecule has 0 spiro atoms. The van der Waals surface area contributed by atoms with E-state index in [4.69, 9.17) is 10.7 Å². The second-order valence-corrected chi connectivity index (χ2v) is 8.13. The molecule has 0 N–H and O–H groups in total. The molecule has 1 aliphatic carbocycles. The molecule has 1 aliphatic rings. The Balaban J connectivity index is 2.18. The van der Waals surface area contributed by atoms with E-state index in [1.165, 1.54) is 25.7 Å². The van der Waals surface area contributed by atoms with Gasteiger partial charge in [0.15, 0.2) is 0 Å². The van der Waals surface area contributed by atoms with Gasteiger partial charge in [-0.2, -0.15) is 0 Å². The van der Waals surface area contributed by atoms with Gasteiger partial charge < -0.3 is 4.57 Å². The van der Waals surface area contributed by atoms with Crippen molar-refractivity contribution < 1.29 is 8.42 Å². The van der Waals surface area contributed by atoms with Gasteiger partial charge in [-0.15, -0.1) is 0 Å². The van der Waals surface area contributed by atoms with E-state index < -0.39 is 9.05 Å². The van der Waals surface area contributed by atoms with Gasteiger partial charge in [-0.3, -0.25) is 0 Å². The highest BCUT2D eigenvalue weighted by Gasteiger charge is 2.25. The summed E-state index contributed by atoms with van der Waals surface area (Å²) in [7, 11) is 1.91. The fraction of sp³-hybridized carbons (Fsp3) is 0.467. The topological polar surface area (TPSA) is 39.1 Å². The first-order valence-corrected chi connectivity index (χ1v) is 9.32. The third-order valence-electron chi connectivity index (χ3n) is 4.33. The molecule has 0 saturated heterocycles. The molecule has 0 aliphatic heterocycles. The van der Waals surface area contributed by atoms with E-state index >= 15 is 0 Å². The summed E-state index contributed by atoms with van der Waals surface area (Å²) in [6, 6.07) is 7.61. The second kappa shape index (κ2) is 5.08. The molecule has 1 aromatic heterocycles. The second-order valence-electron chi connectivity index (χ2n) is 5.63. The number of hydrogen-bond donors (Lipinski definition) is 0. The van der Waals surface area contributed by atoms with Crippen LogP contribution < -0.4 is 0 Å². The summed E-state index contributed by atoms with van der Waals surface area (Å²) in [5, 5.41) is 0.734. The van der Waals surface area contributed by atoms with Gasteiger partial charge >= 0.3 is 0 Å². The Morgan fingerprint density at radius 2 is 1.90 bits per heavy atom. The van der Waals surface area contributed by atoms with E-state index in [9.17, 15) is 8.42 Å². The largest absolute Gasteiger partial charge is 0.343 e. The molecule has 0 radical (unpaired) electrons. The lowest BCUT2D eigenvalue weighted by Crippen LogP contribution is -2.09. The Bertz CT molecular complexity index is 743. The van der Waals surface area contributed by atoms with Crippen LogP contribution in [0.2, 0.25) is 0 Å². The molecule has 0 atom stereocenters. The lowest BCUT2D eigenvalue weighted by molar-refractivity contribution is 0.459. The van der Waals surface area contributed by atoms with Gasteiger partial charge in [-0.05, 0) is 31.7 Å².